The molecule has 2 atom stereocenters. The average Bonchev–Trinajstić information content (AvgIpc) is 3.02. The SMILES string of the molecule is CCCC1NC(c2cccs2)N(CC(C)(C)N(C)C)C1=O. The second-order valence-electron chi connectivity index (χ2n) is 6.60. The third-order valence-electron chi connectivity index (χ3n) is 4.41. The molecule has 5 heteroatoms. The van der Waals surface area contributed by atoms with E-state index in [0.717, 1.165) is 19.4 Å². The smallest absolute Gasteiger partial charge is 0.241 e. The minimum Gasteiger partial charge on any atom is -0.319 e. The molecule has 1 aliphatic heterocycles. The van der Waals surface area contributed by atoms with Crippen molar-refractivity contribution < 1.29 is 4.79 Å². The van der Waals surface area contributed by atoms with E-state index in [1.807, 2.05) is 4.90 Å². The number of hydrogen-bond donors (Lipinski definition) is 1. The highest BCUT2D eigenvalue weighted by molar-refractivity contribution is 7.10. The van der Waals surface area contributed by atoms with Crippen molar-refractivity contribution >= 4 is 17.2 Å². The molecule has 2 unspecified atom stereocenters. The molecule has 1 amide bonds. The summed E-state index contributed by atoms with van der Waals surface area (Å²) < 4.78 is 0. The molecule has 0 aliphatic carbocycles. The summed E-state index contributed by atoms with van der Waals surface area (Å²) >= 11 is 1.71. The summed E-state index contributed by atoms with van der Waals surface area (Å²) in [5, 5.41) is 5.60. The second-order valence-corrected chi connectivity index (χ2v) is 7.58. The Hall–Kier alpha value is -0.910. The fraction of sp³-hybridized carbons (Fsp3) is 0.688. The molecule has 4 nitrogen and oxygen atoms in total. The molecule has 2 heterocycles. The summed E-state index contributed by atoms with van der Waals surface area (Å²) in [4.78, 5) is 18.2. The molecular weight excluding hydrogens is 282 g/mol. The number of nitrogens with zero attached hydrogens (tertiary/aromatic N) is 2. The van der Waals surface area contributed by atoms with Gasteiger partial charge in [0.05, 0.1) is 6.04 Å². The van der Waals surface area contributed by atoms with Gasteiger partial charge in [-0.15, -0.1) is 11.3 Å². The maximum Gasteiger partial charge on any atom is 0.241 e. The van der Waals surface area contributed by atoms with Gasteiger partial charge in [0.1, 0.15) is 6.17 Å². The molecule has 0 saturated carbocycles. The van der Waals surface area contributed by atoms with E-state index in [1.165, 1.54) is 4.88 Å². The first-order valence-corrected chi connectivity index (χ1v) is 8.52. The molecule has 1 fully saturated rings. The van der Waals surface area contributed by atoms with E-state index >= 15 is 0 Å². The standard InChI is InChI=1S/C16H27N3OS/c1-6-8-12-15(20)19(11-16(2,3)18(4)5)14(17-12)13-9-7-10-21-13/h7,9-10,12,14,17H,6,8,11H2,1-5H3. The first-order valence-electron chi connectivity index (χ1n) is 7.64. The molecule has 0 bridgehead atoms. The molecule has 0 radical (unpaired) electrons. The molecule has 21 heavy (non-hydrogen) atoms. The zero-order valence-corrected chi connectivity index (χ0v) is 14.5. The summed E-state index contributed by atoms with van der Waals surface area (Å²) in [6, 6.07) is 4.12. The zero-order valence-electron chi connectivity index (χ0n) is 13.7. The molecule has 0 spiro atoms. The second kappa shape index (κ2) is 6.46. The van der Waals surface area contributed by atoms with E-state index in [4.69, 9.17) is 0 Å². The fourth-order valence-electron chi connectivity index (χ4n) is 2.58. The zero-order chi connectivity index (χ0) is 15.6. The van der Waals surface area contributed by atoms with Crippen molar-refractivity contribution in [2.45, 2.75) is 51.4 Å². The van der Waals surface area contributed by atoms with Crippen molar-refractivity contribution in [2.75, 3.05) is 20.6 Å². The molecular formula is C16H27N3OS. The number of carbonyl (C=O) groups excluding carboxylic acids is 1. The van der Waals surface area contributed by atoms with Crippen LogP contribution in [0.25, 0.3) is 0 Å². The Morgan fingerprint density at radius 3 is 2.67 bits per heavy atom. The van der Waals surface area contributed by atoms with Gasteiger partial charge in [0.15, 0.2) is 0 Å². The minimum absolute atomic E-state index is 0.0216. The average molecular weight is 309 g/mol. The van der Waals surface area contributed by atoms with Crippen LogP contribution in [0.5, 0.6) is 0 Å². The summed E-state index contributed by atoms with van der Waals surface area (Å²) in [6.45, 7) is 7.22. The molecule has 0 aromatic carbocycles. The number of rotatable bonds is 6. The number of likely N-dealkylation sites (N-methyl/N-ethyl adjacent to an activating group) is 1. The monoisotopic (exact) mass is 309 g/mol. The van der Waals surface area contributed by atoms with Gasteiger partial charge in [-0.25, -0.2) is 0 Å². The predicted molar refractivity (Wildman–Crippen MR) is 88.4 cm³/mol. The van der Waals surface area contributed by atoms with Gasteiger partial charge in [-0.2, -0.15) is 0 Å². The Balaban J connectivity index is 2.23. The van der Waals surface area contributed by atoms with Crippen LogP contribution in [-0.2, 0) is 4.79 Å². The van der Waals surface area contributed by atoms with Crippen molar-refractivity contribution in [3.05, 3.63) is 22.4 Å². The third-order valence-corrected chi connectivity index (χ3v) is 5.33. The van der Waals surface area contributed by atoms with Gasteiger partial charge in [0.25, 0.3) is 0 Å². The lowest BCUT2D eigenvalue weighted by Gasteiger charge is -2.38. The maximum absolute atomic E-state index is 12.8. The van der Waals surface area contributed by atoms with E-state index in [2.05, 4.69) is 62.6 Å². The van der Waals surface area contributed by atoms with Crippen molar-refractivity contribution in [1.29, 1.82) is 0 Å². The topological polar surface area (TPSA) is 35.6 Å². The number of thiophene rings is 1. The van der Waals surface area contributed by atoms with E-state index in [1.54, 1.807) is 11.3 Å². The van der Waals surface area contributed by atoms with Crippen LogP contribution in [0.15, 0.2) is 17.5 Å². The first kappa shape index (κ1) is 16.5. The Morgan fingerprint density at radius 1 is 1.43 bits per heavy atom. The normalized spacial score (nSPS) is 23.3. The highest BCUT2D eigenvalue weighted by Gasteiger charge is 2.42. The summed E-state index contributed by atoms with van der Waals surface area (Å²) in [6.07, 6.45) is 1.94. The maximum atomic E-state index is 12.8. The Morgan fingerprint density at radius 2 is 2.14 bits per heavy atom. The van der Waals surface area contributed by atoms with Gasteiger partial charge < -0.3 is 9.80 Å². The molecule has 2 rings (SSSR count). The van der Waals surface area contributed by atoms with Crippen molar-refractivity contribution in [3.8, 4) is 0 Å². The molecule has 118 valence electrons. The van der Waals surface area contributed by atoms with E-state index in [0.29, 0.717) is 0 Å². The molecule has 1 N–H and O–H groups in total. The van der Waals surface area contributed by atoms with Crippen molar-refractivity contribution in [3.63, 3.8) is 0 Å². The molecule has 1 aliphatic rings. The molecule has 1 aromatic heterocycles. The van der Waals surface area contributed by atoms with Gasteiger partial charge >= 0.3 is 0 Å². The van der Waals surface area contributed by atoms with Crippen LogP contribution in [-0.4, -0.2) is 47.9 Å². The van der Waals surface area contributed by atoms with Crippen LogP contribution < -0.4 is 5.32 Å². The van der Waals surface area contributed by atoms with Crippen molar-refractivity contribution in [1.82, 2.24) is 15.1 Å². The first-order chi connectivity index (χ1) is 9.86. The van der Waals surface area contributed by atoms with E-state index < -0.39 is 0 Å². The number of nitrogens with one attached hydrogen (secondary N) is 1. The van der Waals surface area contributed by atoms with Gasteiger partial charge in [0.2, 0.25) is 5.91 Å². The highest BCUT2D eigenvalue weighted by atomic mass is 32.1. The van der Waals surface area contributed by atoms with Crippen LogP contribution >= 0.6 is 11.3 Å². The predicted octanol–water partition coefficient (Wildman–Crippen LogP) is 2.69. The molecule has 1 aromatic rings. The lowest BCUT2D eigenvalue weighted by molar-refractivity contribution is -0.131. The Labute approximate surface area is 132 Å². The highest BCUT2D eigenvalue weighted by Crippen LogP contribution is 2.31. The van der Waals surface area contributed by atoms with Crippen LogP contribution in [0, 0.1) is 0 Å². The lowest BCUT2D eigenvalue weighted by atomic mass is 10.0. The minimum atomic E-state index is -0.0477. The van der Waals surface area contributed by atoms with Crippen molar-refractivity contribution in [2.24, 2.45) is 0 Å². The Kier molecular flexibility index (Phi) is 5.07. The summed E-state index contributed by atoms with van der Waals surface area (Å²) in [5.74, 6) is 0.241. The van der Waals surface area contributed by atoms with E-state index in [-0.39, 0.29) is 23.7 Å². The van der Waals surface area contributed by atoms with Crippen LogP contribution in [0.4, 0.5) is 0 Å². The van der Waals surface area contributed by atoms with Gasteiger partial charge in [-0.05, 0) is 45.8 Å². The quantitative estimate of drug-likeness (QED) is 0.877. The lowest BCUT2D eigenvalue weighted by Crippen LogP contribution is -2.49. The molecule has 1 saturated heterocycles. The summed E-state index contributed by atoms with van der Waals surface area (Å²) in [7, 11) is 4.13. The number of hydrogen-bond acceptors (Lipinski definition) is 4. The van der Waals surface area contributed by atoms with Gasteiger partial charge in [-0.1, -0.05) is 19.4 Å². The fourth-order valence-corrected chi connectivity index (χ4v) is 3.38. The number of amides is 1. The van der Waals surface area contributed by atoms with Crippen LogP contribution in [0.1, 0.15) is 44.7 Å². The van der Waals surface area contributed by atoms with E-state index in [9.17, 15) is 4.79 Å². The van der Waals surface area contributed by atoms with Crippen LogP contribution in [0.2, 0.25) is 0 Å². The third kappa shape index (κ3) is 3.47. The van der Waals surface area contributed by atoms with Gasteiger partial charge in [0, 0.05) is 17.0 Å². The Bertz CT molecular complexity index is 470. The summed E-state index contributed by atoms with van der Waals surface area (Å²) in [5.41, 5.74) is -0.0477. The largest absolute Gasteiger partial charge is 0.319 e. The van der Waals surface area contributed by atoms with Crippen LogP contribution in [0.3, 0.4) is 0 Å². The number of carbonyl (C=O) groups is 1. The van der Waals surface area contributed by atoms with Gasteiger partial charge in [-0.3, -0.25) is 10.1 Å².